The molecule has 4 N–H and O–H groups in total. The zero-order valence-electron chi connectivity index (χ0n) is 18.8. The quantitative estimate of drug-likeness (QED) is 0.284. The summed E-state index contributed by atoms with van der Waals surface area (Å²) >= 11 is 0. The van der Waals surface area contributed by atoms with Crippen molar-refractivity contribution in [3.8, 4) is 11.4 Å². The summed E-state index contributed by atoms with van der Waals surface area (Å²) < 4.78 is 14.8. The lowest BCUT2D eigenvalue weighted by atomic mass is 10.0. The van der Waals surface area contributed by atoms with Crippen molar-refractivity contribution in [1.82, 2.24) is 30.0 Å². The molecule has 11 nitrogen and oxygen atoms in total. The monoisotopic (exact) mass is 489 g/mol. The fraction of sp³-hybridized carbons (Fsp3) is 0.167. The van der Waals surface area contributed by atoms with Gasteiger partial charge in [-0.25, -0.2) is 4.39 Å². The Bertz CT molecular complexity index is 1500. The van der Waals surface area contributed by atoms with E-state index < -0.39 is 23.4 Å². The second kappa shape index (κ2) is 9.06. The molecule has 0 radical (unpaired) electrons. The number of aromatic amines is 2. The van der Waals surface area contributed by atoms with E-state index >= 15 is 0 Å². The second-order valence-corrected chi connectivity index (χ2v) is 8.21. The number of nitrogens with one attached hydrogen (secondary N) is 2. The number of rotatable bonds is 5. The summed E-state index contributed by atoms with van der Waals surface area (Å²) in [6.07, 6.45) is 1.26. The third kappa shape index (κ3) is 3.98. The standard InChI is InChI=1S/C24H20FN7O4/c25-16-7-6-14(21-28-22(20(26)34)30-29-21)18-17(16)15(12-27-18)19(33)24(36)32-10-8-31(9-11-32)23(35)13-4-2-1-3-5-13/h1-7,12,27H,8-11H2,(H2,26,34)(H,28,29,30). The third-order valence-corrected chi connectivity index (χ3v) is 6.07. The van der Waals surface area contributed by atoms with Gasteiger partial charge in [0.1, 0.15) is 5.82 Å². The minimum absolute atomic E-state index is 0.0826. The van der Waals surface area contributed by atoms with E-state index in [-0.39, 0.29) is 60.2 Å². The first kappa shape index (κ1) is 22.9. The minimum Gasteiger partial charge on any atom is -0.363 e. The number of nitrogens with zero attached hydrogens (tertiary/aromatic N) is 4. The van der Waals surface area contributed by atoms with Crippen molar-refractivity contribution in [3.63, 3.8) is 0 Å². The summed E-state index contributed by atoms with van der Waals surface area (Å²) in [6.45, 7) is 0.889. The van der Waals surface area contributed by atoms with Crippen LogP contribution in [-0.4, -0.2) is 79.6 Å². The molecule has 0 atom stereocenters. The van der Waals surface area contributed by atoms with Gasteiger partial charge in [0.15, 0.2) is 5.82 Å². The zero-order valence-corrected chi connectivity index (χ0v) is 18.8. The molecule has 3 heterocycles. The van der Waals surface area contributed by atoms with Crippen LogP contribution in [0, 0.1) is 5.82 Å². The van der Waals surface area contributed by atoms with Gasteiger partial charge in [-0.15, -0.1) is 10.2 Å². The van der Waals surface area contributed by atoms with Crippen molar-refractivity contribution < 1.29 is 23.6 Å². The van der Waals surface area contributed by atoms with Crippen LogP contribution in [0.2, 0.25) is 0 Å². The van der Waals surface area contributed by atoms with Crippen LogP contribution in [0.4, 0.5) is 4.39 Å². The van der Waals surface area contributed by atoms with E-state index in [0.29, 0.717) is 11.1 Å². The van der Waals surface area contributed by atoms with Gasteiger partial charge in [-0.3, -0.25) is 19.2 Å². The van der Waals surface area contributed by atoms with E-state index in [9.17, 15) is 23.6 Å². The molecule has 1 saturated heterocycles. The molecule has 182 valence electrons. The average Bonchev–Trinajstić information content (AvgIpc) is 3.57. The molecule has 1 aliphatic rings. The highest BCUT2D eigenvalue weighted by Crippen LogP contribution is 2.30. The summed E-state index contributed by atoms with van der Waals surface area (Å²) in [6, 6.07) is 11.3. The van der Waals surface area contributed by atoms with Crippen LogP contribution in [-0.2, 0) is 4.79 Å². The van der Waals surface area contributed by atoms with Gasteiger partial charge in [0.25, 0.3) is 23.5 Å². The van der Waals surface area contributed by atoms with Gasteiger partial charge in [0, 0.05) is 48.9 Å². The number of nitrogens with two attached hydrogens (primary N) is 1. The fourth-order valence-electron chi connectivity index (χ4n) is 4.21. The molecule has 0 spiro atoms. The van der Waals surface area contributed by atoms with Crippen LogP contribution < -0.4 is 5.73 Å². The molecule has 5 rings (SSSR count). The molecule has 4 aromatic rings. The molecule has 3 amide bonds. The normalized spacial score (nSPS) is 13.7. The number of Topliss-reactive ketones (excluding diaryl/α,β-unsaturated/α-hetero) is 1. The summed E-state index contributed by atoms with van der Waals surface area (Å²) in [4.78, 5) is 58.5. The lowest BCUT2D eigenvalue weighted by Crippen LogP contribution is -2.52. The van der Waals surface area contributed by atoms with Gasteiger partial charge in [-0.1, -0.05) is 18.2 Å². The number of H-pyrrole nitrogens is 2. The van der Waals surface area contributed by atoms with E-state index in [1.165, 1.54) is 17.2 Å². The maximum atomic E-state index is 14.8. The molecule has 1 aliphatic heterocycles. The predicted octanol–water partition coefficient (Wildman–Crippen LogP) is 1.36. The Morgan fingerprint density at radius 3 is 2.28 bits per heavy atom. The Labute approximate surface area is 203 Å². The van der Waals surface area contributed by atoms with Gasteiger partial charge >= 0.3 is 0 Å². The largest absolute Gasteiger partial charge is 0.363 e. The number of aromatic nitrogens is 4. The first-order chi connectivity index (χ1) is 17.3. The Hall–Kier alpha value is -4.87. The first-order valence-electron chi connectivity index (χ1n) is 11.1. The predicted molar refractivity (Wildman–Crippen MR) is 125 cm³/mol. The highest BCUT2D eigenvalue weighted by molar-refractivity contribution is 6.45. The average molecular weight is 489 g/mol. The Balaban J connectivity index is 1.35. The summed E-state index contributed by atoms with van der Waals surface area (Å²) in [5, 5.41) is 7.42. The fourth-order valence-corrected chi connectivity index (χ4v) is 4.21. The SMILES string of the molecule is NC(=O)c1nnc(-c2ccc(F)c3c(C(=O)C(=O)N4CCN(C(=O)c5ccccc5)CC4)c[nH]c23)[nH]1. The van der Waals surface area contributed by atoms with E-state index in [0.717, 1.165) is 6.07 Å². The number of fused-ring (bicyclic) bond motifs is 1. The lowest BCUT2D eigenvalue weighted by molar-refractivity contribution is -0.127. The molecular weight excluding hydrogens is 469 g/mol. The minimum atomic E-state index is -0.879. The molecule has 36 heavy (non-hydrogen) atoms. The molecule has 1 fully saturated rings. The van der Waals surface area contributed by atoms with E-state index in [1.807, 2.05) is 6.07 Å². The number of hydrogen-bond donors (Lipinski definition) is 3. The topological polar surface area (TPSA) is 158 Å². The van der Waals surface area contributed by atoms with Crippen molar-refractivity contribution in [1.29, 1.82) is 0 Å². The highest BCUT2D eigenvalue weighted by Gasteiger charge is 2.31. The number of ketones is 1. The number of hydrogen-bond acceptors (Lipinski definition) is 6. The molecule has 0 aliphatic carbocycles. The number of carbonyl (C=O) groups is 4. The maximum absolute atomic E-state index is 14.8. The van der Waals surface area contributed by atoms with Gasteiger partial charge in [-0.2, -0.15) is 0 Å². The molecule has 2 aromatic heterocycles. The summed E-state index contributed by atoms with van der Waals surface area (Å²) in [5.41, 5.74) is 6.16. The van der Waals surface area contributed by atoms with Crippen LogP contribution in [0.5, 0.6) is 0 Å². The zero-order chi connectivity index (χ0) is 25.4. The van der Waals surface area contributed by atoms with E-state index in [2.05, 4.69) is 20.2 Å². The maximum Gasteiger partial charge on any atom is 0.295 e. The molecule has 0 bridgehead atoms. The Morgan fingerprint density at radius 2 is 1.61 bits per heavy atom. The van der Waals surface area contributed by atoms with Crippen molar-refractivity contribution >= 4 is 34.4 Å². The van der Waals surface area contributed by atoms with Crippen LogP contribution in [0.15, 0.2) is 48.7 Å². The van der Waals surface area contributed by atoms with E-state index in [4.69, 9.17) is 5.73 Å². The van der Waals surface area contributed by atoms with Crippen molar-refractivity contribution in [2.24, 2.45) is 5.73 Å². The Morgan fingerprint density at radius 1 is 0.917 bits per heavy atom. The van der Waals surface area contributed by atoms with Crippen molar-refractivity contribution in [2.75, 3.05) is 26.2 Å². The van der Waals surface area contributed by atoms with Crippen LogP contribution in [0.25, 0.3) is 22.3 Å². The number of primary amides is 1. The molecule has 12 heteroatoms. The highest BCUT2D eigenvalue weighted by atomic mass is 19.1. The molecule has 0 saturated carbocycles. The number of piperazine rings is 1. The van der Waals surface area contributed by atoms with Crippen LogP contribution in [0.1, 0.15) is 31.3 Å². The summed E-state index contributed by atoms with van der Waals surface area (Å²) in [5.74, 6) is -3.37. The number of benzene rings is 2. The third-order valence-electron chi connectivity index (χ3n) is 6.07. The van der Waals surface area contributed by atoms with Crippen LogP contribution >= 0.6 is 0 Å². The lowest BCUT2D eigenvalue weighted by Gasteiger charge is -2.34. The molecule has 2 aromatic carbocycles. The van der Waals surface area contributed by atoms with Gasteiger partial charge in [-0.05, 0) is 24.3 Å². The number of amides is 3. The number of halogens is 1. The van der Waals surface area contributed by atoms with Crippen molar-refractivity contribution in [2.45, 2.75) is 0 Å². The van der Waals surface area contributed by atoms with Crippen molar-refractivity contribution in [3.05, 3.63) is 71.4 Å². The molecular formula is C24H20FN7O4. The van der Waals surface area contributed by atoms with E-state index in [1.54, 1.807) is 29.2 Å². The van der Waals surface area contributed by atoms with Gasteiger partial charge < -0.3 is 25.5 Å². The van der Waals surface area contributed by atoms with Crippen LogP contribution in [0.3, 0.4) is 0 Å². The van der Waals surface area contributed by atoms with Gasteiger partial charge in [0.2, 0.25) is 5.82 Å². The molecule has 0 unspecified atom stereocenters. The van der Waals surface area contributed by atoms with Gasteiger partial charge in [0.05, 0.1) is 11.1 Å². The summed E-state index contributed by atoms with van der Waals surface area (Å²) in [7, 11) is 0. The second-order valence-electron chi connectivity index (χ2n) is 8.21. The first-order valence-corrected chi connectivity index (χ1v) is 11.1. The smallest absolute Gasteiger partial charge is 0.295 e. The number of carbonyl (C=O) groups excluding carboxylic acids is 4. The Kier molecular flexibility index (Phi) is 5.76.